The standard InChI is InChI=1S/C20H18Cl2N2O.ClH/c21-17-8-7-16(20(22)11-17)14-25-19-6-3-4-15(10-19)12-23-13-18-5-1-2-9-24-18;/h1-11,23H,12-14H2;1H. The Morgan fingerprint density at radius 2 is 1.81 bits per heavy atom. The lowest BCUT2D eigenvalue weighted by Crippen LogP contribution is -2.13. The molecule has 2 aromatic carbocycles. The molecule has 0 radical (unpaired) electrons. The number of rotatable bonds is 7. The summed E-state index contributed by atoms with van der Waals surface area (Å²) in [6.07, 6.45) is 1.80. The summed E-state index contributed by atoms with van der Waals surface area (Å²) in [5, 5.41) is 4.61. The lowest BCUT2D eigenvalue weighted by molar-refractivity contribution is 0.306. The molecule has 0 fully saturated rings. The number of hydrogen-bond acceptors (Lipinski definition) is 3. The first-order valence-corrected chi connectivity index (χ1v) is 8.72. The maximum atomic E-state index is 6.17. The van der Waals surface area contributed by atoms with E-state index in [0.29, 0.717) is 16.7 Å². The van der Waals surface area contributed by atoms with E-state index in [-0.39, 0.29) is 12.4 Å². The Labute approximate surface area is 169 Å². The molecule has 0 aliphatic carbocycles. The lowest BCUT2D eigenvalue weighted by atomic mass is 10.2. The Hall–Kier alpha value is -1.78. The molecule has 0 unspecified atom stereocenters. The zero-order valence-electron chi connectivity index (χ0n) is 14.0. The third-order valence-electron chi connectivity index (χ3n) is 3.67. The topological polar surface area (TPSA) is 34.1 Å². The van der Waals surface area contributed by atoms with Gasteiger partial charge in [0.1, 0.15) is 12.4 Å². The highest BCUT2D eigenvalue weighted by atomic mass is 35.5. The molecule has 0 amide bonds. The maximum Gasteiger partial charge on any atom is 0.120 e. The summed E-state index contributed by atoms with van der Waals surface area (Å²) in [6.45, 7) is 1.88. The molecule has 0 spiro atoms. The number of aromatic nitrogens is 1. The molecule has 1 aromatic heterocycles. The van der Waals surface area contributed by atoms with Crippen molar-refractivity contribution in [3.63, 3.8) is 0 Å². The minimum absolute atomic E-state index is 0. The van der Waals surface area contributed by atoms with Crippen LogP contribution in [0.4, 0.5) is 0 Å². The van der Waals surface area contributed by atoms with E-state index in [1.54, 1.807) is 12.3 Å². The largest absolute Gasteiger partial charge is 0.489 e. The Morgan fingerprint density at radius 1 is 0.923 bits per heavy atom. The number of halogens is 3. The number of hydrogen-bond donors (Lipinski definition) is 1. The van der Waals surface area contributed by atoms with Crippen molar-refractivity contribution < 1.29 is 4.74 Å². The van der Waals surface area contributed by atoms with E-state index < -0.39 is 0 Å². The van der Waals surface area contributed by atoms with Crippen molar-refractivity contribution in [2.45, 2.75) is 19.7 Å². The minimum atomic E-state index is 0. The van der Waals surface area contributed by atoms with Gasteiger partial charge in [-0.1, -0.05) is 47.5 Å². The van der Waals surface area contributed by atoms with Crippen molar-refractivity contribution in [2.24, 2.45) is 0 Å². The molecule has 1 heterocycles. The van der Waals surface area contributed by atoms with Crippen LogP contribution in [0.25, 0.3) is 0 Å². The van der Waals surface area contributed by atoms with Gasteiger partial charge in [-0.05, 0) is 42.0 Å². The van der Waals surface area contributed by atoms with Crippen LogP contribution in [-0.4, -0.2) is 4.98 Å². The third kappa shape index (κ3) is 6.19. The molecule has 136 valence electrons. The van der Waals surface area contributed by atoms with Gasteiger partial charge in [-0.3, -0.25) is 4.98 Å². The molecule has 0 atom stereocenters. The molecule has 0 saturated heterocycles. The Kier molecular flexibility index (Phi) is 8.20. The van der Waals surface area contributed by atoms with Gasteiger partial charge in [-0.2, -0.15) is 0 Å². The van der Waals surface area contributed by atoms with Crippen molar-refractivity contribution in [1.82, 2.24) is 10.3 Å². The van der Waals surface area contributed by atoms with Gasteiger partial charge < -0.3 is 10.1 Å². The van der Waals surface area contributed by atoms with Crippen molar-refractivity contribution in [1.29, 1.82) is 0 Å². The van der Waals surface area contributed by atoms with E-state index in [1.165, 1.54) is 0 Å². The van der Waals surface area contributed by atoms with E-state index in [4.69, 9.17) is 27.9 Å². The summed E-state index contributed by atoms with van der Waals surface area (Å²) in [7, 11) is 0. The first-order chi connectivity index (χ1) is 12.2. The van der Waals surface area contributed by atoms with Gasteiger partial charge in [0.2, 0.25) is 0 Å². The van der Waals surface area contributed by atoms with E-state index in [1.807, 2.05) is 48.5 Å². The Morgan fingerprint density at radius 3 is 2.58 bits per heavy atom. The van der Waals surface area contributed by atoms with E-state index in [2.05, 4.69) is 16.4 Å². The fourth-order valence-corrected chi connectivity index (χ4v) is 2.85. The second-order valence-electron chi connectivity index (χ2n) is 5.60. The molecular formula is C20H19Cl3N2O. The summed E-state index contributed by atoms with van der Waals surface area (Å²) in [5.41, 5.74) is 3.08. The fourth-order valence-electron chi connectivity index (χ4n) is 2.38. The summed E-state index contributed by atoms with van der Waals surface area (Å²) in [5.74, 6) is 0.808. The smallest absolute Gasteiger partial charge is 0.120 e. The van der Waals surface area contributed by atoms with Crippen LogP contribution in [0, 0.1) is 0 Å². The third-order valence-corrected chi connectivity index (χ3v) is 4.26. The van der Waals surface area contributed by atoms with E-state index in [0.717, 1.165) is 35.7 Å². The highest BCUT2D eigenvalue weighted by Gasteiger charge is 2.03. The predicted molar refractivity (Wildman–Crippen MR) is 109 cm³/mol. The number of benzene rings is 2. The van der Waals surface area contributed by atoms with Crippen molar-refractivity contribution >= 4 is 35.6 Å². The highest BCUT2D eigenvalue weighted by Crippen LogP contribution is 2.23. The van der Waals surface area contributed by atoms with Crippen molar-refractivity contribution in [3.8, 4) is 5.75 Å². The maximum absolute atomic E-state index is 6.17. The van der Waals surface area contributed by atoms with Gasteiger partial charge in [-0.25, -0.2) is 0 Å². The molecule has 3 nitrogen and oxygen atoms in total. The quantitative estimate of drug-likeness (QED) is 0.545. The Bertz CT molecular complexity index is 828. The van der Waals surface area contributed by atoms with Crippen LogP contribution >= 0.6 is 35.6 Å². The molecular weight excluding hydrogens is 391 g/mol. The first kappa shape index (κ1) is 20.5. The second kappa shape index (κ2) is 10.4. The second-order valence-corrected chi connectivity index (χ2v) is 6.44. The van der Waals surface area contributed by atoms with Crippen LogP contribution < -0.4 is 10.1 Å². The van der Waals surface area contributed by atoms with Crippen LogP contribution in [0.3, 0.4) is 0 Å². The van der Waals surface area contributed by atoms with Crippen LogP contribution in [0.5, 0.6) is 5.75 Å². The number of pyridine rings is 1. The van der Waals surface area contributed by atoms with Gasteiger partial charge in [-0.15, -0.1) is 12.4 Å². The molecule has 0 aliphatic heterocycles. The van der Waals surface area contributed by atoms with Gasteiger partial charge in [0, 0.05) is 34.9 Å². The first-order valence-electron chi connectivity index (χ1n) is 7.97. The van der Waals surface area contributed by atoms with Crippen LogP contribution in [0.15, 0.2) is 66.9 Å². The fraction of sp³-hybridized carbons (Fsp3) is 0.150. The average Bonchev–Trinajstić information content (AvgIpc) is 2.62. The number of nitrogens with zero attached hydrogens (tertiary/aromatic N) is 1. The molecule has 3 rings (SSSR count). The van der Waals surface area contributed by atoms with Gasteiger partial charge in [0.25, 0.3) is 0 Å². The summed E-state index contributed by atoms with van der Waals surface area (Å²) in [4.78, 5) is 4.30. The van der Waals surface area contributed by atoms with Crippen LogP contribution in [0.1, 0.15) is 16.8 Å². The van der Waals surface area contributed by atoms with Crippen LogP contribution in [-0.2, 0) is 19.7 Å². The zero-order chi connectivity index (χ0) is 17.5. The molecule has 0 saturated carbocycles. The highest BCUT2D eigenvalue weighted by molar-refractivity contribution is 6.35. The molecule has 0 bridgehead atoms. The van der Waals surface area contributed by atoms with Gasteiger partial charge >= 0.3 is 0 Å². The summed E-state index contributed by atoms with van der Waals surface area (Å²) in [6, 6.07) is 19.3. The number of ether oxygens (including phenoxy) is 1. The Balaban J connectivity index is 0.00000243. The number of nitrogens with one attached hydrogen (secondary N) is 1. The molecule has 0 aliphatic rings. The molecule has 26 heavy (non-hydrogen) atoms. The SMILES string of the molecule is Cl.Clc1ccc(COc2cccc(CNCc3ccccn3)c2)c(Cl)c1. The summed E-state index contributed by atoms with van der Waals surface area (Å²) >= 11 is 12.1. The van der Waals surface area contributed by atoms with Crippen molar-refractivity contribution in [2.75, 3.05) is 0 Å². The zero-order valence-corrected chi connectivity index (χ0v) is 16.3. The van der Waals surface area contributed by atoms with Gasteiger partial charge in [0.15, 0.2) is 0 Å². The average molecular weight is 410 g/mol. The molecule has 3 aromatic rings. The van der Waals surface area contributed by atoms with Crippen LogP contribution in [0.2, 0.25) is 10.0 Å². The monoisotopic (exact) mass is 408 g/mol. The predicted octanol–water partition coefficient (Wildman–Crippen LogP) is 5.68. The van der Waals surface area contributed by atoms with E-state index >= 15 is 0 Å². The minimum Gasteiger partial charge on any atom is -0.489 e. The molecule has 6 heteroatoms. The van der Waals surface area contributed by atoms with E-state index in [9.17, 15) is 0 Å². The lowest BCUT2D eigenvalue weighted by Gasteiger charge is -2.10. The normalized spacial score (nSPS) is 10.2. The van der Waals surface area contributed by atoms with Crippen molar-refractivity contribution in [3.05, 3.63) is 93.7 Å². The molecule has 1 N–H and O–H groups in total. The van der Waals surface area contributed by atoms with Gasteiger partial charge in [0.05, 0.1) is 5.69 Å². The summed E-state index contributed by atoms with van der Waals surface area (Å²) < 4.78 is 5.85.